The molecule has 0 aliphatic rings. The molecule has 1 heterocycles. The molecule has 0 saturated carbocycles. The zero-order valence-electron chi connectivity index (χ0n) is 9.29. The van der Waals surface area contributed by atoms with E-state index in [1.54, 1.807) is 0 Å². The van der Waals surface area contributed by atoms with Crippen LogP contribution >= 0.6 is 11.3 Å². The second-order valence-electron chi connectivity index (χ2n) is 4.73. The Kier molecular flexibility index (Phi) is 3.18. The average molecular weight is 196 g/mol. The topological polar surface area (TPSA) is 0 Å². The number of hydrogen-bond donors (Lipinski definition) is 0. The van der Waals surface area contributed by atoms with Gasteiger partial charge in [-0.15, -0.1) is 11.3 Å². The molecule has 0 radical (unpaired) electrons. The van der Waals surface area contributed by atoms with Gasteiger partial charge in [0.25, 0.3) is 0 Å². The highest BCUT2D eigenvalue weighted by atomic mass is 32.1. The number of hydrogen-bond acceptors (Lipinski definition) is 1. The molecule has 0 amide bonds. The molecular formula is C12H20S. The molecule has 0 bridgehead atoms. The molecule has 1 rings (SSSR count). The van der Waals surface area contributed by atoms with Gasteiger partial charge in [-0.05, 0) is 23.3 Å². The highest BCUT2D eigenvalue weighted by molar-refractivity contribution is 7.10. The smallest absolute Gasteiger partial charge is 0.0104 e. The van der Waals surface area contributed by atoms with Crippen molar-refractivity contribution in [2.24, 2.45) is 11.8 Å². The van der Waals surface area contributed by atoms with E-state index < -0.39 is 0 Å². The van der Waals surface area contributed by atoms with E-state index in [-0.39, 0.29) is 0 Å². The fraction of sp³-hybridized carbons (Fsp3) is 0.667. The summed E-state index contributed by atoms with van der Waals surface area (Å²) < 4.78 is 0. The summed E-state index contributed by atoms with van der Waals surface area (Å²) in [5.41, 5.74) is 0.322. The quantitative estimate of drug-likeness (QED) is 0.675. The van der Waals surface area contributed by atoms with Crippen molar-refractivity contribution >= 4 is 11.3 Å². The van der Waals surface area contributed by atoms with E-state index in [9.17, 15) is 0 Å². The standard InChI is InChI=1S/C12H20S/c1-9(2)10(3)12(4,5)11-7-6-8-13-11/h6-10H,1-5H3. The zero-order chi connectivity index (χ0) is 10.1. The second kappa shape index (κ2) is 3.83. The van der Waals surface area contributed by atoms with Gasteiger partial charge < -0.3 is 0 Å². The Morgan fingerprint density at radius 1 is 1.23 bits per heavy atom. The van der Waals surface area contributed by atoms with E-state index in [1.807, 2.05) is 11.3 Å². The van der Waals surface area contributed by atoms with Crippen molar-refractivity contribution in [1.82, 2.24) is 0 Å². The molecule has 74 valence electrons. The molecule has 0 saturated heterocycles. The first-order chi connectivity index (χ1) is 5.96. The van der Waals surface area contributed by atoms with E-state index in [2.05, 4.69) is 52.1 Å². The molecule has 13 heavy (non-hydrogen) atoms. The minimum Gasteiger partial charge on any atom is -0.148 e. The molecular weight excluding hydrogens is 176 g/mol. The van der Waals surface area contributed by atoms with Gasteiger partial charge in [-0.1, -0.05) is 40.7 Å². The lowest BCUT2D eigenvalue weighted by Crippen LogP contribution is -2.29. The van der Waals surface area contributed by atoms with E-state index in [0.29, 0.717) is 5.41 Å². The Labute approximate surface area is 86.0 Å². The van der Waals surface area contributed by atoms with Gasteiger partial charge in [-0.3, -0.25) is 0 Å². The summed E-state index contributed by atoms with van der Waals surface area (Å²) in [6, 6.07) is 4.40. The van der Waals surface area contributed by atoms with Crippen molar-refractivity contribution < 1.29 is 0 Å². The monoisotopic (exact) mass is 196 g/mol. The molecule has 1 aromatic heterocycles. The molecule has 0 spiro atoms. The van der Waals surface area contributed by atoms with Crippen LogP contribution in [0.3, 0.4) is 0 Å². The predicted octanol–water partition coefficient (Wildman–Crippen LogP) is 4.32. The van der Waals surface area contributed by atoms with Crippen molar-refractivity contribution in [2.45, 2.75) is 40.0 Å². The van der Waals surface area contributed by atoms with Gasteiger partial charge in [-0.2, -0.15) is 0 Å². The Balaban J connectivity index is 2.88. The van der Waals surface area contributed by atoms with Crippen LogP contribution in [0.2, 0.25) is 0 Å². The lowest BCUT2D eigenvalue weighted by Gasteiger charge is -2.33. The lowest BCUT2D eigenvalue weighted by atomic mass is 9.73. The van der Waals surface area contributed by atoms with Gasteiger partial charge in [0.05, 0.1) is 0 Å². The van der Waals surface area contributed by atoms with E-state index in [1.165, 1.54) is 4.88 Å². The van der Waals surface area contributed by atoms with Gasteiger partial charge in [-0.25, -0.2) is 0 Å². The summed E-state index contributed by atoms with van der Waals surface area (Å²) in [5.74, 6) is 1.48. The molecule has 1 unspecified atom stereocenters. The summed E-state index contributed by atoms with van der Waals surface area (Å²) in [6.45, 7) is 11.7. The Bertz CT molecular complexity index is 244. The van der Waals surface area contributed by atoms with Gasteiger partial charge in [0.1, 0.15) is 0 Å². The fourth-order valence-corrected chi connectivity index (χ4v) is 2.65. The number of rotatable bonds is 3. The van der Waals surface area contributed by atoms with Crippen LogP contribution in [0.15, 0.2) is 17.5 Å². The SMILES string of the molecule is CC(C)C(C)C(C)(C)c1cccs1. The molecule has 1 atom stereocenters. The summed E-state index contributed by atoms with van der Waals surface area (Å²) in [4.78, 5) is 1.51. The normalized spacial score (nSPS) is 14.9. The third-order valence-corrected chi connectivity index (χ3v) is 4.50. The van der Waals surface area contributed by atoms with E-state index in [4.69, 9.17) is 0 Å². The van der Waals surface area contributed by atoms with Gasteiger partial charge >= 0.3 is 0 Å². The van der Waals surface area contributed by atoms with Crippen molar-refractivity contribution in [3.8, 4) is 0 Å². The van der Waals surface area contributed by atoms with Crippen LogP contribution < -0.4 is 0 Å². The van der Waals surface area contributed by atoms with Crippen LogP contribution in [-0.2, 0) is 5.41 Å². The Hall–Kier alpha value is -0.300. The Morgan fingerprint density at radius 2 is 1.85 bits per heavy atom. The fourth-order valence-electron chi connectivity index (χ4n) is 1.70. The van der Waals surface area contributed by atoms with Crippen molar-refractivity contribution in [3.05, 3.63) is 22.4 Å². The summed E-state index contributed by atoms with van der Waals surface area (Å²) >= 11 is 1.88. The maximum atomic E-state index is 2.35. The number of thiophene rings is 1. The van der Waals surface area contributed by atoms with Crippen LogP contribution in [0.25, 0.3) is 0 Å². The third kappa shape index (κ3) is 2.14. The molecule has 0 aliphatic heterocycles. The predicted molar refractivity (Wildman–Crippen MR) is 61.3 cm³/mol. The minimum atomic E-state index is 0.322. The first-order valence-corrected chi connectivity index (χ1v) is 5.88. The van der Waals surface area contributed by atoms with E-state index in [0.717, 1.165) is 11.8 Å². The molecule has 1 heteroatoms. The maximum absolute atomic E-state index is 2.35. The summed E-state index contributed by atoms with van der Waals surface area (Å²) in [6.07, 6.45) is 0. The maximum Gasteiger partial charge on any atom is 0.0104 e. The van der Waals surface area contributed by atoms with Crippen molar-refractivity contribution in [2.75, 3.05) is 0 Å². The van der Waals surface area contributed by atoms with Crippen molar-refractivity contribution in [1.29, 1.82) is 0 Å². The molecule has 0 nitrogen and oxygen atoms in total. The van der Waals surface area contributed by atoms with Crippen LogP contribution in [0.1, 0.15) is 39.5 Å². The van der Waals surface area contributed by atoms with Gasteiger partial charge in [0, 0.05) is 10.3 Å². The average Bonchev–Trinajstić information content (AvgIpc) is 2.54. The second-order valence-corrected chi connectivity index (χ2v) is 5.68. The molecule has 0 aromatic carbocycles. The van der Waals surface area contributed by atoms with Crippen LogP contribution in [0.5, 0.6) is 0 Å². The molecule has 1 aromatic rings. The van der Waals surface area contributed by atoms with Crippen LogP contribution in [0, 0.1) is 11.8 Å². The molecule has 0 fully saturated rings. The minimum absolute atomic E-state index is 0.322. The van der Waals surface area contributed by atoms with Gasteiger partial charge in [0.15, 0.2) is 0 Å². The van der Waals surface area contributed by atoms with Crippen LogP contribution in [-0.4, -0.2) is 0 Å². The Morgan fingerprint density at radius 3 is 2.23 bits per heavy atom. The summed E-state index contributed by atoms with van der Waals surface area (Å²) in [7, 11) is 0. The largest absolute Gasteiger partial charge is 0.148 e. The first kappa shape index (κ1) is 10.8. The van der Waals surface area contributed by atoms with Crippen LogP contribution in [0.4, 0.5) is 0 Å². The summed E-state index contributed by atoms with van der Waals surface area (Å²) in [5, 5.41) is 2.17. The zero-order valence-corrected chi connectivity index (χ0v) is 10.1. The highest BCUT2D eigenvalue weighted by Gasteiger charge is 2.30. The van der Waals surface area contributed by atoms with Crippen molar-refractivity contribution in [3.63, 3.8) is 0 Å². The van der Waals surface area contributed by atoms with E-state index >= 15 is 0 Å². The highest BCUT2D eigenvalue weighted by Crippen LogP contribution is 2.37. The van der Waals surface area contributed by atoms with Gasteiger partial charge in [0.2, 0.25) is 0 Å². The third-order valence-electron chi connectivity index (χ3n) is 3.29. The molecule has 0 aliphatic carbocycles. The lowest BCUT2D eigenvalue weighted by molar-refractivity contribution is 0.268. The molecule has 0 N–H and O–H groups in total. The first-order valence-electron chi connectivity index (χ1n) is 5.00.